The summed E-state index contributed by atoms with van der Waals surface area (Å²) in [6.45, 7) is 5.84. The van der Waals surface area contributed by atoms with E-state index in [0.29, 0.717) is 10.4 Å². The number of hydrogen-bond donors (Lipinski definition) is 1. The van der Waals surface area contributed by atoms with Crippen LogP contribution in [0.1, 0.15) is 28.8 Å². The fourth-order valence-electron chi connectivity index (χ4n) is 3.25. The van der Waals surface area contributed by atoms with Gasteiger partial charge in [-0.25, -0.2) is 0 Å². The quantitative estimate of drug-likeness (QED) is 0.856. The fourth-order valence-corrected chi connectivity index (χ4v) is 3.42. The minimum atomic E-state index is 0.128. The number of amides is 1. The van der Waals surface area contributed by atoms with Crippen molar-refractivity contribution in [2.75, 3.05) is 26.2 Å². The van der Waals surface area contributed by atoms with Crippen LogP contribution in [0.5, 0.6) is 0 Å². The van der Waals surface area contributed by atoms with Crippen LogP contribution < -0.4 is 5.32 Å². The average Bonchev–Trinajstić information content (AvgIpc) is 3.03. The van der Waals surface area contributed by atoms with Crippen LogP contribution in [-0.4, -0.2) is 37.0 Å². The number of benzene rings is 1. The van der Waals surface area contributed by atoms with Gasteiger partial charge in [0.1, 0.15) is 0 Å². The van der Waals surface area contributed by atoms with Crippen molar-refractivity contribution >= 4 is 17.5 Å². The van der Waals surface area contributed by atoms with Crippen molar-refractivity contribution in [1.82, 2.24) is 10.2 Å². The second kappa shape index (κ2) is 4.80. The molecule has 0 saturated carbocycles. The van der Waals surface area contributed by atoms with E-state index in [1.807, 2.05) is 24.0 Å². The standard InChI is InChI=1S/C15H19ClN2O/c1-11-2-3-12(16)8-13(11)14(19)18-7-5-15(10-18)4-6-17-9-15/h2-3,8,17H,4-7,9-10H2,1H3. The zero-order valence-corrected chi connectivity index (χ0v) is 12.0. The minimum absolute atomic E-state index is 0.128. The van der Waals surface area contributed by atoms with E-state index in [4.69, 9.17) is 11.6 Å². The van der Waals surface area contributed by atoms with Gasteiger partial charge in [0.25, 0.3) is 5.91 Å². The molecule has 1 atom stereocenters. The smallest absolute Gasteiger partial charge is 0.254 e. The lowest BCUT2D eigenvalue weighted by atomic mass is 9.86. The van der Waals surface area contributed by atoms with Gasteiger partial charge < -0.3 is 10.2 Å². The molecule has 2 fully saturated rings. The van der Waals surface area contributed by atoms with E-state index in [9.17, 15) is 4.79 Å². The van der Waals surface area contributed by atoms with Crippen LogP contribution in [0.3, 0.4) is 0 Å². The largest absolute Gasteiger partial charge is 0.338 e. The SMILES string of the molecule is Cc1ccc(Cl)cc1C(=O)N1CCC2(CCNC2)C1. The van der Waals surface area contributed by atoms with E-state index in [2.05, 4.69) is 5.32 Å². The van der Waals surface area contributed by atoms with Gasteiger partial charge in [-0.2, -0.15) is 0 Å². The summed E-state index contributed by atoms with van der Waals surface area (Å²) in [5.41, 5.74) is 2.07. The maximum atomic E-state index is 12.6. The Labute approximate surface area is 118 Å². The number of carbonyl (C=O) groups is 1. The Morgan fingerprint density at radius 1 is 1.42 bits per heavy atom. The molecule has 1 N–H and O–H groups in total. The molecule has 2 saturated heterocycles. The first-order chi connectivity index (χ1) is 9.10. The molecular formula is C15H19ClN2O. The Bertz CT molecular complexity index is 509. The third-order valence-corrected chi connectivity index (χ3v) is 4.72. The van der Waals surface area contributed by atoms with E-state index in [-0.39, 0.29) is 5.91 Å². The van der Waals surface area contributed by atoms with Crippen molar-refractivity contribution in [3.05, 3.63) is 34.3 Å². The molecular weight excluding hydrogens is 260 g/mol. The molecule has 1 spiro atoms. The van der Waals surface area contributed by atoms with E-state index < -0.39 is 0 Å². The lowest BCUT2D eigenvalue weighted by Gasteiger charge is -2.23. The summed E-state index contributed by atoms with van der Waals surface area (Å²) in [5.74, 6) is 0.128. The molecule has 102 valence electrons. The van der Waals surface area contributed by atoms with E-state index in [1.54, 1.807) is 6.07 Å². The van der Waals surface area contributed by atoms with Crippen molar-refractivity contribution in [1.29, 1.82) is 0 Å². The predicted octanol–water partition coefficient (Wildman–Crippen LogP) is 2.47. The van der Waals surface area contributed by atoms with Gasteiger partial charge in [0, 0.05) is 35.6 Å². The van der Waals surface area contributed by atoms with Crippen molar-refractivity contribution in [2.45, 2.75) is 19.8 Å². The van der Waals surface area contributed by atoms with Gasteiger partial charge in [-0.05, 0) is 44.0 Å². The fraction of sp³-hybridized carbons (Fsp3) is 0.533. The van der Waals surface area contributed by atoms with E-state index in [1.165, 1.54) is 6.42 Å². The van der Waals surface area contributed by atoms with E-state index in [0.717, 1.165) is 43.7 Å². The van der Waals surface area contributed by atoms with Gasteiger partial charge in [-0.1, -0.05) is 17.7 Å². The Hall–Kier alpha value is -1.06. The third kappa shape index (κ3) is 2.37. The number of aryl methyl sites for hydroxylation is 1. The van der Waals surface area contributed by atoms with Crippen molar-refractivity contribution in [3.63, 3.8) is 0 Å². The second-order valence-electron chi connectivity index (χ2n) is 5.86. The maximum Gasteiger partial charge on any atom is 0.254 e. The lowest BCUT2D eigenvalue weighted by Crippen LogP contribution is -2.33. The Balaban J connectivity index is 1.79. The molecule has 1 unspecified atom stereocenters. The third-order valence-electron chi connectivity index (χ3n) is 4.49. The number of rotatable bonds is 1. The molecule has 0 radical (unpaired) electrons. The maximum absolute atomic E-state index is 12.6. The van der Waals surface area contributed by atoms with Crippen LogP contribution in [0.15, 0.2) is 18.2 Å². The molecule has 2 heterocycles. The van der Waals surface area contributed by atoms with Crippen LogP contribution in [0.2, 0.25) is 5.02 Å². The summed E-state index contributed by atoms with van der Waals surface area (Å²) in [6.07, 6.45) is 2.30. The van der Waals surface area contributed by atoms with Crippen LogP contribution in [-0.2, 0) is 0 Å². The Morgan fingerprint density at radius 3 is 3.00 bits per heavy atom. The first-order valence-corrected chi connectivity index (χ1v) is 7.24. The number of carbonyl (C=O) groups excluding carboxylic acids is 1. The molecule has 19 heavy (non-hydrogen) atoms. The molecule has 2 aliphatic heterocycles. The van der Waals surface area contributed by atoms with Gasteiger partial charge in [-0.15, -0.1) is 0 Å². The predicted molar refractivity (Wildman–Crippen MR) is 76.6 cm³/mol. The molecule has 1 aromatic carbocycles. The summed E-state index contributed by atoms with van der Waals surface area (Å²) in [5, 5.41) is 4.05. The highest BCUT2D eigenvalue weighted by Crippen LogP contribution is 2.36. The van der Waals surface area contributed by atoms with Crippen molar-refractivity contribution in [2.24, 2.45) is 5.41 Å². The molecule has 0 aliphatic carbocycles. The second-order valence-corrected chi connectivity index (χ2v) is 6.30. The summed E-state index contributed by atoms with van der Waals surface area (Å²) < 4.78 is 0. The lowest BCUT2D eigenvalue weighted by molar-refractivity contribution is 0.0775. The van der Waals surface area contributed by atoms with Crippen LogP contribution in [0.25, 0.3) is 0 Å². The molecule has 1 amide bonds. The summed E-state index contributed by atoms with van der Waals surface area (Å²) >= 11 is 6.01. The van der Waals surface area contributed by atoms with Gasteiger partial charge in [0.05, 0.1) is 0 Å². The highest BCUT2D eigenvalue weighted by Gasteiger charge is 2.42. The topological polar surface area (TPSA) is 32.3 Å². The highest BCUT2D eigenvalue weighted by molar-refractivity contribution is 6.31. The zero-order chi connectivity index (χ0) is 13.5. The normalized spacial score (nSPS) is 26.3. The Morgan fingerprint density at radius 2 is 2.26 bits per heavy atom. The summed E-state index contributed by atoms with van der Waals surface area (Å²) in [4.78, 5) is 14.6. The molecule has 4 heteroatoms. The number of nitrogens with one attached hydrogen (secondary N) is 1. The number of hydrogen-bond acceptors (Lipinski definition) is 2. The van der Waals surface area contributed by atoms with Crippen molar-refractivity contribution < 1.29 is 4.79 Å². The molecule has 2 aliphatic rings. The molecule has 3 rings (SSSR count). The number of halogens is 1. The summed E-state index contributed by atoms with van der Waals surface area (Å²) in [6, 6.07) is 5.54. The van der Waals surface area contributed by atoms with Gasteiger partial charge in [0.2, 0.25) is 0 Å². The van der Waals surface area contributed by atoms with E-state index >= 15 is 0 Å². The highest BCUT2D eigenvalue weighted by atomic mass is 35.5. The van der Waals surface area contributed by atoms with Gasteiger partial charge in [0.15, 0.2) is 0 Å². The molecule has 0 bridgehead atoms. The number of likely N-dealkylation sites (tertiary alicyclic amines) is 1. The monoisotopic (exact) mass is 278 g/mol. The van der Waals surface area contributed by atoms with Crippen molar-refractivity contribution in [3.8, 4) is 0 Å². The van der Waals surface area contributed by atoms with Crippen LogP contribution in [0.4, 0.5) is 0 Å². The number of nitrogens with zero attached hydrogens (tertiary/aromatic N) is 1. The zero-order valence-electron chi connectivity index (χ0n) is 11.2. The first kappa shape index (κ1) is 12.9. The molecule has 0 aromatic heterocycles. The average molecular weight is 279 g/mol. The minimum Gasteiger partial charge on any atom is -0.338 e. The van der Waals surface area contributed by atoms with Crippen LogP contribution >= 0.6 is 11.6 Å². The van der Waals surface area contributed by atoms with Crippen LogP contribution in [0, 0.1) is 12.3 Å². The Kier molecular flexibility index (Phi) is 3.27. The first-order valence-electron chi connectivity index (χ1n) is 6.86. The summed E-state index contributed by atoms with van der Waals surface area (Å²) in [7, 11) is 0. The van der Waals surface area contributed by atoms with Gasteiger partial charge in [-0.3, -0.25) is 4.79 Å². The molecule has 3 nitrogen and oxygen atoms in total. The molecule has 1 aromatic rings. The van der Waals surface area contributed by atoms with Gasteiger partial charge >= 0.3 is 0 Å².